The number of hydrogen-bond acceptors (Lipinski definition) is 3. The molecule has 0 radical (unpaired) electrons. The second-order valence-electron chi connectivity index (χ2n) is 4.02. The summed E-state index contributed by atoms with van der Waals surface area (Å²) in [5, 5.41) is 13.5. The normalized spacial score (nSPS) is 10.3. The SMILES string of the molecule is O=[N+]([O-])c1ccc(F)cc1NCc1ccc(F)c(Cl)c1. The molecule has 104 valence electrons. The van der Waals surface area contributed by atoms with Gasteiger partial charge in [0.1, 0.15) is 17.3 Å². The van der Waals surface area contributed by atoms with Crippen molar-refractivity contribution >= 4 is 23.0 Å². The summed E-state index contributed by atoms with van der Waals surface area (Å²) >= 11 is 5.63. The molecule has 7 heteroatoms. The van der Waals surface area contributed by atoms with Gasteiger partial charge in [0.05, 0.1) is 9.95 Å². The highest BCUT2D eigenvalue weighted by atomic mass is 35.5. The largest absolute Gasteiger partial charge is 0.375 e. The molecule has 0 amide bonds. The molecular formula is C13H9ClF2N2O2. The van der Waals surface area contributed by atoms with Crippen molar-refractivity contribution in [2.24, 2.45) is 0 Å². The molecule has 0 fully saturated rings. The number of anilines is 1. The van der Waals surface area contributed by atoms with Gasteiger partial charge in [-0.05, 0) is 23.8 Å². The third kappa shape index (κ3) is 3.21. The van der Waals surface area contributed by atoms with Crippen LogP contribution in [0.25, 0.3) is 0 Å². The quantitative estimate of drug-likeness (QED) is 0.682. The Morgan fingerprint density at radius 3 is 2.60 bits per heavy atom. The summed E-state index contributed by atoms with van der Waals surface area (Å²) in [5.74, 6) is -1.14. The lowest BCUT2D eigenvalue weighted by molar-refractivity contribution is -0.384. The smallest absolute Gasteiger partial charge is 0.292 e. The number of halogens is 3. The Morgan fingerprint density at radius 1 is 1.20 bits per heavy atom. The molecule has 0 aliphatic rings. The van der Waals surface area contributed by atoms with Gasteiger partial charge < -0.3 is 5.32 Å². The Kier molecular flexibility index (Phi) is 4.14. The number of nitrogens with one attached hydrogen (secondary N) is 1. The maximum atomic E-state index is 13.1. The zero-order chi connectivity index (χ0) is 14.7. The summed E-state index contributed by atoms with van der Waals surface area (Å²) in [6, 6.07) is 7.20. The fourth-order valence-electron chi connectivity index (χ4n) is 1.66. The maximum Gasteiger partial charge on any atom is 0.292 e. The summed E-state index contributed by atoms with van der Waals surface area (Å²) in [6.07, 6.45) is 0. The minimum atomic E-state index is -0.612. The van der Waals surface area contributed by atoms with Crippen molar-refractivity contribution in [2.45, 2.75) is 6.54 Å². The molecule has 0 saturated heterocycles. The minimum Gasteiger partial charge on any atom is -0.375 e. The Morgan fingerprint density at radius 2 is 1.95 bits per heavy atom. The molecule has 1 N–H and O–H groups in total. The fraction of sp³-hybridized carbons (Fsp3) is 0.0769. The van der Waals surface area contributed by atoms with Crippen LogP contribution >= 0.6 is 11.6 Å². The lowest BCUT2D eigenvalue weighted by Crippen LogP contribution is -2.03. The summed E-state index contributed by atoms with van der Waals surface area (Å²) in [7, 11) is 0. The van der Waals surface area contributed by atoms with Gasteiger partial charge in [0.25, 0.3) is 5.69 Å². The van der Waals surface area contributed by atoms with Gasteiger partial charge >= 0.3 is 0 Å². The van der Waals surface area contributed by atoms with E-state index in [4.69, 9.17) is 11.6 Å². The lowest BCUT2D eigenvalue weighted by atomic mass is 10.2. The van der Waals surface area contributed by atoms with Crippen molar-refractivity contribution in [1.82, 2.24) is 0 Å². The van der Waals surface area contributed by atoms with E-state index in [2.05, 4.69) is 5.32 Å². The zero-order valence-electron chi connectivity index (χ0n) is 10.1. The van der Waals surface area contributed by atoms with Gasteiger partial charge in [0.2, 0.25) is 0 Å². The highest BCUT2D eigenvalue weighted by Gasteiger charge is 2.14. The standard InChI is InChI=1S/C13H9ClF2N2O2/c14-10-5-8(1-3-11(10)16)7-17-12-6-9(15)2-4-13(12)18(19)20/h1-6,17H,7H2. The number of rotatable bonds is 4. The van der Waals surface area contributed by atoms with Crippen LogP contribution in [0.4, 0.5) is 20.2 Å². The number of benzene rings is 2. The number of nitro benzene ring substituents is 1. The molecule has 2 rings (SSSR count). The number of hydrogen-bond donors (Lipinski definition) is 1. The molecular weight excluding hydrogens is 290 g/mol. The van der Waals surface area contributed by atoms with Crippen LogP contribution in [0.5, 0.6) is 0 Å². The summed E-state index contributed by atoms with van der Waals surface area (Å²) < 4.78 is 26.1. The van der Waals surface area contributed by atoms with Gasteiger partial charge in [-0.1, -0.05) is 17.7 Å². The van der Waals surface area contributed by atoms with Crippen molar-refractivity contribution in [2.75, 3.05) is 5.32 Å². The molecule has 0 atom stereocenters. The van der Waals surface area contributed by atoms with E-state index in [0.29, 0.717) is 5.56 Å². The van der Waals surface area contributed by atoms with E-state index in [-0.39, 0.29) is 22.9 Å². The molecule has 0 spiro atoms. The topological polar surface area (TPSA) is 55.2 Å². The van der Waals surface area contributed by atoms with Crippen molar-refractivity contribution in [3.05, 3.63) is 68.7 Å². The summed E-state index contributed by atoms with van der Waals surface area (Å²) in [4.78, 5) is 10.2. The van der Waals surface area contributed by atoms with E-state index in [1.807, 2.05) is 0 Å². The van der Waals surface area contributed by atoms with Crippen molar-refractivity contribution in [3.63, 3.8) is 0 Å². The summed E-state index contributed by atoms with van der Waals surface area (Å²) in [6.45, 7) is 0.157. The highest BCUT2D eigenvalue weighted by molar-refractivity contribution is 6.30. The Bertz CT molecular complexity index is 665. The lowest BCUT2D eigenvalue weighted by Gasteiger charge is -2.08. The average molecular weight is 299 g/mol. The average Bonchev–Trinajstić information content (AvgIpc) is 2.40. The van der Waals surface area contributed by atoms with Crippen molar-refractivity contribution in [3.8, 4) is 0 Å². The Labute approximate surface area is 118 Å². The molecule has 0 bridgehead atoms. The second kappa shape index (κ2) is 5.83. The van der Waals surface area contributed by atoms with Gasteiger partial charge in [0.15, 0.2) is 0 Å². The van der Waals surface area contributed by atoms with E-state index in [9.17, 15) is 18.9 Å². The van der Waals surface area contributed by atoms with Crippen LogP contribution in [0, 0.1) is 21.7 Å². The van der Waals surface area contributed by atoms with Crippen LogP contribution in [0.1, 0.15) is 5.56 Å². The van der Waals surface area contributed by atoms with Crippen LogP contribution < -0.4 is 5.32 Å². The molecule has 0 heterocycles. The number of nitro groups is 1. The third-order valence-electron chi connectivity index (χ3n) is 2.62. The monoisotopic (exact) mass is 298 g/mol. The van der Waals surface area contributed by atoms with Crippen molar-refractivity contribution < 1.29 is 13.7 Å². The first-order valence-corrected chi connectivity index (χ1v) is 5.97. The van der Waals surface area contributed by atoms with Gasteiger partial charge in [-0.3, -0.25) is 10.1 Å². The Balaban J connectivity index is 2.20. The molecule has 4 nitrogen and oxygen atoms in total. The first kappa shape index (κ1) is 14.2. The predicted octanol–water partition coefficient (Wildman–Crippen LogP) is 4.14. The van der Waals surface area contributed by atoms with E-state index < -0.39 is 16.6 Å². The van der Waals surface area contributed by atoms with E-state index in [0.717, 1.165) is 18.2 Å². The maximum absolute atomic E-state index is 13.1. The summed E-state index contributed by atoms with van der Waals surface area (Å²) in [5.41, 5.74) is 0.435. The molecule has 0 unspecified atom stereocenters. The van der Waals surface area contributed by atoms with Gasteiger partial charge in [0, 0.05) is 18.7 Å². The molecule has 2 aromatic carbocycles. The molecule has 0 saturated carbocycles. The van der Waals surface area contributed by atoms with Crippen LogP contribution in [-0.2, 0) is 6.54 Å². The first-order chi connectivity index (χ1) is 9.47. The van der Waals surface area contributed by atoms with Gasteiger partial charge in [-0.25, -0.2) is 8.78 Å². The van der Waals surface area contributed by atoms with Gasteiger partial charge in [-0.15, -0.1) is 0 Å². The molecule has 0 aromatic heterocycles. The van der Waals surface area contributed by atoms with Crippen LogP contribution in [0.3, 0.4) is 0 Å². The van der Waals surface area contributed by atoms with Gasteiger partial charge in [-0.2, -0.15) is 0 Å². The highest BCUT2D eigenvalue weighted by Crippen LogP contribution is 2.26. The van der Waals surface area contributed by atoms with Crippen molar-refractivity contribution in [1.29, 1.82) is 0 Å². The Hall–Kier alpha value is -2.21. The molecule has 20 heavy (non-hydrogen) atoms. The minimum absolute atomic E-state index is 0.0435. The fourth-order valence-corrected chi connectivity index (χ4v) is 1.86. The van der Waals surface area contributed by atoms with Crippen LogP contribution in [-0.4, -0.2) is 4.92 Å². The van der Waals surface area contributed by atoms with Crippen LogP contribution in [0.2, 0.25) is 5.02 Å². The van der Waals surface area contributed by atoms with E-state index in [1.54, 1.807) is 0 Å². The predicted molar refractivity (Wildman–Crippen MR) is 71.8 cm³/mol. The third-order valence-corrected chi connectivity index (χ3v) is 2.91. The second-order valence-corrected chi connectivity index (χ2v) is 4.43. The molecule has 0 aliphatic carbocycles. The molecule has 2 aromatic rings. The number of nitrogens with zero attached hydrogens (tertiary/aromatic N) is 1. The first-order valence-electron chi connectivity index (χ1n) is 5.59. The van der Waals surface area contributed by atoms with Crippen LogP contribution in [0.15, 0.2) is 36.4 Å². The molecule has 0 aliphatic heterocycles. The van der Waals surface area contributed by atoms with E-state index >= 15 is 0 Å². The zero-order valence-corrected chi connectivity index (χ0v) is 10.8. The van der Waals surface area contributed by atoms with E-state index in [1.165, 1.54) is 18.2 Å².